The molecule has 0 radical (unpaired) electrons. The number of Topliss-reactive ketones (excluding diaryl/α,β-unsaturated/α-hetero) is 1. The van der Waals surface area contributed by atoms with Gasteiger partial charge in [-0.1, -0.05) is 0 Å². The molecule has 0 bridgehead atoms. The lowest BCUT2D eigenvalue weighted by molar-refractivity contribution is -0.507. The van der Waals surface area contributed by atoms with Gasteiger partial charge in [0.05, 0.1) is 0 Å². The van der Waals surface area contributed by atoms with Gasteiger partial charge in [0.1, 0.15) is 12.3 Å². The van der Waals surface area contributed by atoms with Crippen molar-refractivity contribution < 1.29 is 14.9 Å². The van der Waals surface area contributed by atoms with Gasteiger partial charge in [0.25, 0.3) is 5.91 Å². The van der Waals surface area contributed by atoms with Gasteiger partial charge in [-0.3, -0.25) is 9.69 Å². The lowest BCUT2D eigenvalue weighted by Gasteiger charge is -2.23. The zero-order valence-corrected chi connectivity index (χ0v) is 7.08. The van der Waals surface area contributed by atoms with Crippen molar-refractivity contribution in [3.63, 3.8) is 0 Å². The Labute approximate surface area is 71.9 Å². The van der Waals surface area contributed by atoms with E-state index in [4.69, 9.17) is 0 Å². The molecule has 2 N–H and O–H groups in total. The molecule has 0 aromatic rings. The number of quaternary nitrogens is 1. The van der Waals surface area contributed by atoms with Gasteiger partial charge < -0.3 is 5.32 Å². The van der Waals surface area contributed by atoms with E-state index < -0.39 is 0 Å². The number of piperidine rings is 1. The average molecular weight is 170 g/mol. The molecule has 4 heteroatoms. The largest absolute Gasteiger partial charge is 0.414 e. The van der Waals surface area contributed by atoms with Crippen LogP contribution in [0.2, 0.25) is 0 Å². The molecule has 0 unspecified atom stereocenters. The van der Waals surface area contributed by atoms with Gasteiger partial charge in [0, 0.05) is 25.9 Å². The highest BCUT2D eigenvalue weighted by atomic mass is 16.2. The SMILES string of the molecule is [CH2-][NH2+]C(=O)CN1CCC(=O)CC1. The molecule has 0 aromatic heterocycles. The molecule has 0 spiro atoms. The number of carbonyl (C=O) groups excluding carboxylic acids is 2. The summed E-state index contributed by atoms with van der Waals surface area (Å²) in [5.74, 6) is 0.335. The minimum atomic E-state index is 0.0318. The second kappa shape index (κ2) is 4.33. The van der Waals surface area contributed by atoms with Crippen LogP contribution in [0.1, 0.15) is 12.8 Å². The number of carbonyl (C=O) groups is 2. The summed E-state index contributed by atoms with van der Waals surface area (Å²) in [6.07, 6.45) is 1.18. The molecule has 0 aliphatic carbocycles. The lowest BCUT2D eigenvalue weighted by atomic mass is 10.1. The van der Waals surface area contributed by atoms with Crippen LogP contribution >= 0.6 is 0 Å². The van der Waals surface area contributed by atoms with Crippen LogP contribution in [0.4, 0.5) is 0 Å². The number of nitrogens with two attached hydrogens (primary N) is 1. The van der Waals surface area contributed by atoms with E-state index in [0.29, 0.717) is 25.2 Å². The van der Waals surface area contributed by atoms with Crippen molar-refractivity contribution >= 4 is 11.7 Å². The monoisotopic (exact) mass is 170 g/mol. The molecule has 68 valence electrons. The van der Waals surface area contributed by atoms with Crippen molar-refractivity contribution in [3.05, 3.63) is 7.05 Å². The Bertz CT molecular complexity index is 181. The van der Waals surface area contributed by atoms with Gasteiger partial charge in [-0.15, -0.1) is 7.05 Å². The molecule has 4 nitrogen and oxygen atoms in total. The van der Waals surface area contributed by atoms with E-state index in [1.807, 2.05) is 4.90 Å². The molecule has 0 aromatic carbocycles. The molecule has 1 saturated heterocycles. The van der Waals surface area contributed by atoms with E-state index in [1.54, 1.807) is 0 Å². The van der Waals surface area contributed by atoms with E-state index in [-0.39, 0.29) is 5.91 Å². The van der Waals surface area contributed by atoms with Crippen molar-refractivity contribution in [1.82, 2.24) is 4.90 Å². The van der Waals surface area contributed by atoms with Crippen LogP contribution in [0.15, 0.2) is 0 Å². The van der Waals surface area contributed by atoms with Gasteiger partial charge in [-0.2, -0.15) is 0 Å². The number of hydrogen-bond donors (Lipinski definition) is 1. The van der Waals surface area contributed by atoms with Crippen molar-refractivity contribution in [1.29, 1.82) is 0 Å². The molecule has 1 amide bonds. The predicted molar refractivity (Wildman–Crippen MR) is 43.0 cm³/mol. The van der Waals surface area contributed by atoms with Crippen molar-refractivity contribution in [2.45, 2.75) is 12.8 Å². The smallest absolute Gasteiger partial charge is 0.298 e. The standard InChI is InChI=1S/C8H14N2O2/c1-9-8(12)6-10-4-2-7(11)3-5-10/h1-6,9H2. The normalized spacial score (nSPS) is 19.6. The molecule has 1 aliphatic heterocycles. The Balaban J connectivity index is 2.26. The summed E-state index contributed by atoms with van der Waals surface area (Å²) in [7, 11) is 3.40. The quantitative estimate of drug-likeness (QED) is 0.515. The van der Waals surface area contributed by atoms with Gasteiger partial charge in [0.2, 0.25) is 0 Å². The van der Waals surface area contributed by atoms with Crippen LogP contribution in [0, 0.1) is 7.05 Å². The number of hydrogen-bond acceptors (Lipinski definition) is 3. The van der Waals surface area contributed by atoms with Crippen LogP contribution < -0.4 is 5.32 Å². The number of ketones is 1. The van der Waals surface area contributed by atoms with E-state index in [2.05, 4.69) is 7.05 Å². The second-order valence-electron chi connectivity index (χ2n) is 2.99. The van der Waals surface area contributed by atoms with Crippen LogP contribution in [-0.4, -0.2) is 36.2 Å². The molecule has 1 fully saturated rings. The zero-order valence-electron chi connectivity index (χ0n) is 7.08. The Morgan fingerprint density at radius 3 is 2.58 bits per heavy atom. The van der Waals surface area contributed by atoms with Gasteiger partial charge in [-0.05, 0) is 0 Å². The molecule has 0 saturated carbocycles. The van der Waals surface area contributed by atoms with E-state index in [1.165, 1.54) is 5.32 Å². The molecule has 12 heavy (non-hydrogen) atoms. The number of likely N-dealkylation sites (tertiary alicyclic amines) is 1. The van der Waals surface area contributed by atoms with Crippen molar-refractivity contribution in [2.75, 3.05) is 19.6 Å². The minimum absolute atomic E-state index is 0.0318. The highest BCUT2D eigenvalue weighted by Gasteiger charge is 2.18. The number of primary amides is 1. The Hall–Kier alpha value is -0.740. The van der Waals surface area contributed by atoms with Crippen LogP contribution in [0.25, 0.3) is 0 Å². The molecular weight excluding hydrogens is 156 g/mol. The highest BCUT2D eigenvalue weighted by molar-refractivity contribution is 5.79. The predicted octanol–water partition coefficient (Wildman–Crippen LogP) is -1.47. The first kappa shape index (κ1) is 9.35. The fraction of sp³-hybridized carbons (Fsp3) is 0.625. The Morgan fingerprint density at radius 1 is 1.50 bits per heavy atom. The maximum Gasteiger partial charge on any atom is 0.298 e. The molecule has 0 atom stereocenters. The number of nitrogens with zero attached hydrogens (tertiary/aromatic N) is 1. The Kier molecular flexibility index (Phi) is 3.37. The topological polar surface area (TPSA) is 54.0 Å². The summed E-state index contributed by atoms with van der Waals surface area (Å²) in [6, 6.07) is 0. The molecule has 1 rings (SSSR count). The first-order valence-corrected chi connectivity index (χ1v) is 4.11. The van der Waals surface area contributed by atoms with Crippen molar-refractivity contribution in [3.8, 4) is 0 Å². The fourth-order valence-electron chi connectivity index (χ4n) is 1.25. The maximum absolute atomic E-state index is 10.9. The summed E-state index contributed by atoms with van der Waals surface area (Å²) >= 11 is 0. The highest BCUT2D eigenvalue weighted by Crippen LogP contribution is 2.03. The first-order valence-electron chi connectivity index (χ1n) is 4.11. The average Bonchev–Trinajstić information content (AvgIpc) is 2.09. The fourth-order valence-corrected chi connectivity index (χ4v) is 1.25. The van der Waals surface area contributed by atoms with Crippen LogP contribution in [-0.2, 0) is 9.59 Å². The summed E-state index contributed by atoms with van der Waals surface area (Å²) in [5.41, 5.74) is 0. The third-order valence-electron chi connectivity index (χ3n) is 2.02. The second-order valence-corrected chi connectivity index (χ2v) is 2.99. The summed E-state index contributed by atoms with van der Waals surface area (Å²) < 4.78 is 0. The molecule has 1 heterocycles. The van der Waals surface area contributed by atoms with E-state index in [9.17, 15) is 9.59 Å². The lowest BCUT2D eigenvalue weighted by Crippen LogP contribution is -2.83. The van der Waals surface area contributed by atoms with E-state index >= 15 is 0 Å². The summed E-state index contributed by atoms with van der Waals surface area (Å²) in [6.45, 7) is 1.85. The summed E-state index contributed by atoms with van der Waals surface area (Å²) in [4.78, 5) is 23.7. The third kappa shape index (κ3) is 2.71. The van der Waals surface area contributed by atoms with Crippen LogP contribution in [0.3, 0.4) is 0 Å². The zero-order chi connectivity index (χ0) is 8.97. The van der Waals surface area contributed by atoms with Gasteiger partial charge >= 0.3 is 0 Å². The van der Waals surface area contributed by atoms with Crippen molar-refractivity contribution in [2.24, 2.45) is 0 Å². The minimum Gasteiger partial charge on any atom is -0.414 e. The molecular formula is C8H14N2O2. The first-order chi connectivity index (χ1) is 5.72. The summed E-state index contributed by atoms with van der Waals surface area (Å²) in [5, 5.41) is 1.33. The number of rotatable bonds is 2. The Morgan fingerprint density at radius 2 is 2.08 bits per heavy atom. The van der Waals surface area contributed by atoms with Crippen LogP contribution in [0.5, 0.6) is 0 Å². The van der Waals surface area contributed by atoms with Gasteiger partial charge in [0.15, 0.2) is 0 Å². The third-order valence-corrected chi connectivity index (χ3v) is 2.02. The maximum atomic E-state index is 10.9. The number of amides is 1. The molecule has 1 aliphatic rings. The van der Waals surface area contributed by atoms with Gasteiger partial charge in [-0.25, -0.2) is 4.79 Å². The van der Waals surface area contributed by atoms with E-state index in [0.717, 1.165) is 13.1 Å².